The SMILES string of the molecule is COC(=O)c1cc(C)ccc1O.COC(=O)c1cc(C)ccc1OC(F)F. The van der Waals surface area contributed by atoms with Crippen molar-refractivity contribution in [1.29, 1.82) is 0 Å². The van der Waals surface area contributed by atoms with Gasteiger partial charge in [-0.3, -0.25) is 0 Å². The van der Waals surface area contributed by atoms with Gasteiger partial charge < -0.3 is 19.3 Å². The van der Waals surface area contributed by atoms with E-state index >= 15 is 0 Å². The summed E-state index contributed by atoms with van der Waals surface area (Å²) in [7, 11) is 2.46. The summed E-state index contributed by atoms with van der Waals surface area (Å²) in [5.74, 6) is -1.44. The molecule has 0 unspecified atom stereocenters. The average Bonchev–Trinajstić information content (AvgIpc) is 2.64. The number of carbonyl (C=O) groups is 2. The zero-order valence-corrected chi connectivity index (χ0v) is 15.3. The molecule has 0 aliphatic carbocycles. The zero-order chi connectivity index (χ0) is 20.6. The molecule has 2 aromatic carbocycles. The van der Waals surface area contributed by atoms with Crippen LogP contribution in [-0.4, -0.2) is 37.9 Å². The first-order chi connectivity index (χ1) is 12.7. The van der Waals surface area contributed by atoms with Crippen molar-refractivity contribution in [3.05, 3.63) is 58.7 Å². The van der Waals surface area contributed by atoms with Crippen LogP contribution in [0.4, 0.5) is 8.78 Å². The Morgan fingerprint density at radius 2 is 1.37 bits per heavy atom. The molecule has 2 rings (SSSR count). The second kappa shape index (κ2) is 10.1. The third kappa shape index (κ3) is 6.58. The van der Waals surface area contributed by atoms with Gasteiger partial charge in [0.2, 0.25) is 0 Å². The molecule has 1 N–H and O–H groups in total. The number of hydrogen-bond donors (Lipinski definition) is 1. The van der Waals surface area contributed by atoms with Crippen LogP contribution in [-0.2, 0) is 9.47 Å². The highest BCUT2D eigenvalue weighted by molar-refractivity contribution is 5.93. The Morgan fingerprint density at radius 1 is 0.889 bits per heavy atom. The minimum atomic E-state index is -2.96. The topological polar surface area (TPSA) is 82.1 Å². The Labute approximate surface area is 155 Å². The summed E-state index contributed by atoms with van der Waals surface area (Å²) in [6.07, 6.45) is 0. The van der Waals surface area contributed by atoms with Crippen molar-refractivity contribution < 1.29 is 37.7 Å². The van der Waals surface area contributed by atoms with Gasteiger partial charge >= 0.3 is 18.6 Å². The number of aromatic hydroxyl groups is 1. The van der Waals surface area contributed by atoms with Crippen molar-refractivity contribution in [2.45, 2.75) is 20.5 Å². The van der Waals surface area contributed by atoms with E-state index in [-0.39, 0.29) is 22.6 Å². The van der Waals surface area contributed by atoms with Crippen LogP contribution in [0.15, 0.2) is 36.4 Å². The number of phenolic OH excluding ortho intramolecular Hbond substituents is 1. The van der Waals surface area contributed by atoms with Gasteiger partial charge in [0.05, 0.1) is 14.2 Å². The number of esters is 2. The van der Waals surface area contributed by atoms with Crippen molar-refractivity contribution in [2.75, 3.05) is 14.2 Å². The van der Waals surface area contributed by atoms with Gasteiger partial charge in [-0.05, 0) is 38.1 Å². The number of phenols is 1. The number of hydrogen-bond acceptors (Lipinski definition) is 6. The molecular weight excluding hydrogens is 362 g/mol. The van der Waals surface area contributed by atoms with Gasteiger partial charge in [-0.1, -0.05) is 23.3 Å². The lowest BCUT2D eigenvalue weighted by Crippen LogP contribution is -2.09. The van der Waals surface area contributed by atoms with E-state index in [2.05, 4.69) is 14.2 Å². The van der Waals surface area contributed by atoms with E-state index in [1.54, 1.807) is 25.1 Å². The highest BCUT2D eigenvalue weighted by Crippen LogP contribution is 2.22. The minimum Gasteiger partial charge on any atom is -0.507 e. The number of aryl methyl sites for hydroxylation is 2. The molecule has 6 nitrogen and oxygen atoms in total. The van der Waals surface area contributed by atoms with Crippen LogP contribution < -0.4 is 4.74 Å². The average molecular weight is 382 g/mol. The van der Waals surface area contributed by atoms with Gasteiger partial charge in [-0.15, -0.1) is 0 Å². The molecular formula is C19H20F2O6. The summed E-state index contributed by atoms with van der Waals surface area (Å²) >= 11 is 0. The van der Waals surface area contributed by atoms with Gasteiger partial charge in [0.15, 0.2) is 0 Å². The largest absolute Gasteiger partial charge is 0.507 e. The molecule has 0 fully saturated rings. The summed E-state index contributed by atoms with van der Waals surface area (Å²) in [4.78, 5) is 22.2. The number of rotatable bonds is 4. The lowest BCUT2D eigenvalue weighted by molar-refractivity contribution is -0.0504. The predicted octanol–water partition coefficient (Wildman–Crippen LogP) is 3.87. The predicted molar refractivity (Wildman–Crippen MR) is 93.3 cm³/mol. The lowest BCUT2D eigenvalue weighted by Gasteiger charge is -2.09. The molecule has 146 valence electrons. The number of methoxy groups -OCH3 is 2. The molecule has 0 saturated heterocycles. The minimum absolute atomic E-state index is 0.00204. The van der Waals surface area contributed by atoms with Crippen LogP contribution in [0.25, 0.3) is 0 Å². The molecule has 2 aromatic rings. The van der Waals surface area contributed by atoms with E-state index in [0.717, 1.165) is 11.1 Å². The Balaban J connectivity index is 0.000000277. The van der Waals surface area contributed by atoms with Crippen molar-refractivity contribution in [2.24, 2.45) is 0 Å². The maximum atomic E-state index is 12.0. The molecule has 0 heterocycles. The molecule has 0 atom stereocenters. The van der Waals surface area contributed by atoms with Crippen molar-refractivity contribution in [3.8, 4) is 11.5 Å². The van der Waals surface area contributed by atoms with Crippen LogP contribution in [0.1, 0.15) is 31.8 Å². The molecule has 0 radical (unpaired) electrons. The molecule has 0 bridgehead atoms. The zero-order valence-electron chi connectivity index (χ0n) is 15.3. The van der Waals surface area contributed by atoms with E-state index in [0.29, 0.717) is 0 Å². The van der Waals surface area contributed by atoms with E-state index in [1.165, 1.54) is 32.4 Å². The van der Waals surface area contributed by atoms with Crippen molar-refractivity contribution in [3.63, 3.8) is 0 Å². The summed E-state index contributed by atoms with van der Waals surface area (Å²) in [6, 6.07) is 9.10. The normalized spacial score (nSPS) is 9.89. The standard InChI is InChI=1S/C10H10F2O3.C9H10O3/c1-6-3-4-8(15-10(11)12)7(5-6)9(13)14-2;1-6-3-4-8(10)7(5-6)9(11)12-2/h3-5,10H,1-2H3;3-5,10H,1-2H3. The highest BCUT2D eigenvalue weighted by Gasteiger charge is 2.16. The maximum Gasteiger partial charge on any atom is 0.387 e. The number of alkyl halides is 2. The summed E-state index contributed by atoms with van der Waals surface area (Å²) < 4.78 is 37.1. The molecule has 0 spiro atoms. The fourth-order valence-electron chi connectivity index (χ4n) is 2.04. The first kappa shape index (κ1) is 21.9. The van der Waals surface area contributed by atoms with E-state index in [1.807, 2.05) is 6.92 Å². The Bertz CT molecular complexity index is 805. The number of halogens is 2. The van der Waals surface area contributed by atoms with Crippen LogP contribution in [0.5, 0.6) is 11.5 Å². The van der Waals surface area contributed by atoms with Gasteiger partial charge in [-0.25, -0.2) is 9.59 Å². The first-order valence-corrected chi connectivity index (χ1v) is 7.71. The van der Waals surface area contributed by atoms with Gasteiger partial charge in [0.1, 0.15) is 22.6 Å². The number of carbonyl (C=O) groups excluding carboxylic acids is 2. The summed E-state index contributed by atoms with van der Waals surface area (Å²) in [5.41, 5.74) is 1.88. The lowest BCUT2D eigenvalue weighted by atomic mass is 10.1. The monoisotopic (exact) mass is 382 g/mol. The Kier molecular flexibility index (Phi) is 8.19. The van der Waals surface area contributed by atoms with Crippen LogP contribution in [0.3, 0.4) is 0 Å². The molecule has 0 aliphatic rings. The van der Waals surface area contributed by atoms with E-state index in [9.17, 15) is 23.5 Å². The third-order valence-electron chi connectivity index (χ3n) is 3.31. The molecule has 27 heavy (non-hydrogen) atoms. The van der Waals surface area contributed by atoms with Crippen molar-refractivity contribution in [1.82, 2.24) is 0 Å². The smallest absolute Gasteiger partial charge is 0.387 e. The number of ether oxygens (including phenoxy) is 3. The van der Waals surface area contributed by atoms with E-state index < -0.39 is 18.6 Å². The summed E-state index contributed by atoms with van der Waals surface area (Å²) in [5, 5.41) is 9.24. The summed E-state index contributed by atoms with van der Waals surface area (Å²) in [6.45, 7) is 0.612. The molecule has 0 aliphatic heterocycles. The second-order valence-electron chi connectivity index (χ2n) is 5.38. The number of benzene rings is 2. The highest BCUT2D eigenvalue weighted by atomic mass is 19.3. The van der Waals surface area contributed by atoms with Gasteiger partial charge in [0.25, 0.3) is 0 Å². The fourth-order valence-corrected chi connectivity index (χ4v) is 2.04. The first-order valence-electron chi connectivity index (χ1n) is 7.71. The maximum absolute atomic E-state index is 12.0. The molecule has 0 saturated carbocycles. The second-order valence-corrected chi connectivity index (χ2v) is 5.38. The molecule has 0 aromatic heterocycles. The Morgan fingerprint density at radius 3 is 1.89 bits per heavy atom. The molecule has 0 amide bonds. The fraction of sp³-hybridized carbons (Fsp3) is 0.263. The quantitative estimate of drug-likeness (QED) is 0.809. The van der Waals surface area contributed by atoms with Gasteiger partial charge in [0, 0.05) is 0 Å². The third-order valence-corrected chi connectivity index (χ3v) is 3.31. The van der Waals surface area contributed by atoms with Gasteiger partial charge in [-0.2, -0.15) is 8.78 Å². The van der Waals surface area contributed by atoms with E-state index in [4.69, 9.17) is 0 Å². The van der Waals surface area contributed by atoms with Crippen LogP contribution in [0, 0.1) is 13.8 Å². The molecule has 8 heteroatoms. The van der Waals surface area contributed by atoms with Crippen LogP contribution >= 0.6 is 0 Å². The van der Waals surface area contributed by atoms with Crippen molar-refractivity contribution >= 4 is 11.9 Å². The Hall–Kier alpha value is -3.16. The van der Waals surface area contributed by atoms with Crippen LogP contribution in [0.2, 0.25) is 0 Å².